The van der Waals surface area contributed by atoms with Gasteiger partial charge in [0.05, 0.1) is 51.2 Å². The molecule has 0 amide bonds. The van der Waals surface area contributed by atoms with Crippen molar-refractivity contribution >= 4 is 21.7 Å². The highest BCUT2D eigenvalue weighted by Gasteiger charge is 2.19. The monoisotopic (exact) mass is 408 g/mol. The van der Waals surface area contributed by atoms with Crippen molar-refractivity contribution in [2.75, 3.05) is 21.3 Å². The summed E-state index contributed by atoms with van der Waals surface area (Å²) in [5, 5.41) is 5.88. The van der Waals surface area contributed by atoms with E-state index in [-0.39, 0.29) is 24.2 Å². The van der Waals surface area contributed by atoms with Crippen molar-refractivity contribution in [2.24, 2.45) is 0 Å². The van der Waals surface area contributed by atoms with Crippen LogP contribution in [0.2, 0.25) is 0 Å². The fourth-order valence-electron chi connectivity index (χ4n) is 3.42. The molecule has 0 fully saturated rings. The minimum atomic E-state index is -0.284. The number of hydrogen-bond donors (Lipinski definition) is 0. The molecule has 9 nitrogen and oxygen atoms in total. The first kappa shape index (κ1) is 19.4. The Hall–Kier alpha value is -3.88. The average Bonchev–Trinajstić information content (AvgIpc) is 2.78. The van der Waals surface area contributed by atoms with Gasteiger partial charge >= 0.3 is 0 Å². The van der Waals surface area contributed by atoms with E-state index in [1.807, 2.05) is 12.1 Å². The zero-order valence-corrected chi connectivity index (χ0v) is 16.8. The third-order valence-corrected chi connectivity index (χ3v) is 4.94. The second-order valence-corrected chi connectivity index (χ2v) is 6.54. The van der Waals surface area contributed by atoms with Crippen molar-refractivity contribution in [3.63, 3.8) is 0 Å². The van der Waals surface area contributed by atoms with Gasteiger partial charge in [-0.05, 0) is 12.1 Å². The summed E-state index contributed by atoms with van der Waals surface area (Å²) < 4.78 is 18.8. The van der Waals surface area contributed by atoms with Crippen LogP contribution in [0, 0.1) is 0 Å². The highest BCUT2D eigenvalue weighted by atomic mass is 16.5. The van der Waals surface area contributed by atoms with Crippen LogP contribution in [0.4, 0.5) is 0 Å². The standard InChI is InChI=1S/C21H20N4O5/c1-28-16-10-15-17(19(30-3)18(16)29-2)22-12-24(20(15)26)8-9-25-21(27)14-7-5-4-6-13(14)11-23-25/h4-7,10-12H,8-9H2,1-3H3. The van der Waals surface area contributed by atoms with Crippen LogP contribution in [0.25, 0.3) is 21.7 Å². The van der Waals surface area contributed by atoms with Gasteiger partial charge in [-0.15, -0.1) is 0 Å². The molecule has 0 N–H and O–H groups in total. The first-order valence-electron chi connectivity index (χ1n) is 9.22. The van der Waals surface area contributed by atoms with Crippen LogP contribution in [0.5, 0.6) is 17.2 Å². The summed E-state index contributed by atoms with van der Waals surface area (Å²) in [6.45, 7) is 0.449. The van der Waals surface area contributed by atoms with E-state index in [0.29, 0.717) is 33.5 Å². The number of fused-ring (bicyclic) bond motifs is 2. The van der Waals surface area contributed by atoms with Gasteiger partial charge in [0.2, 0.25) is 5.75 Å². The Morgan fingerprint density at radius 2 is 1.67 bits per heavy atom. The molecule has 0 aliphatic rings. The molecule has 0 saturated heterocycles. The van der Waals surface area contributed by atoms with Crippen LogP contribution in [0.3, 0.4) is 0 Å². The number of aryl methyl sites for hydroxylation is 2. The van der Waals surface area contributed by atoms with Crippen molar-refractivity contribution < 1.29 is 14.2 Å². The third-order valence-electron chi connectivity index (χ3n) is 4.94. The molecule has 0 saturated carbocycles. The molecule has 0 aliphatic carbocycles. The SMILES string of the molecule is COc1cc2c(=O)n(CCn3ncc4ccccc4c3=O)cnc2c(OC)c1OC. The molecule has 0 spiro atoms. The van der Waals surface area contributed by atoms with Crippen molar-refractivity contribution in [1.29, 1.82) is 0 Å². The smallest absolute Gasteiger partial charge is 0.274 e. The molecule has 30 heavy (non-hydrogen) atoms. The molecule has 0 bridgehead atoms. The highest BCUT2D eigenvalue weighted by Crippen LogP contribution is 2.41. The summed E-state index contributed by atoms with van der Waals surface area (Å²) >= 11 is 0. The molecule has 0 atom stereocenters. The average molecular weight is 408 g/mol. The van der Waals surface area contributed by atoms with Crippen LogP contribution in [-0.4, -0.2) is 40.7 Å². The molecule has 9 heteroatoms. The summed E-state index contributed by atoms with van der Waals surface area (Å²) in [6.07, 6.45) is 3.06. The van der Waals surface area contributed by atoms with Crippen molar-refractivity contribution in [3.8, 4) is 17.2 Å². The predicted octanol–water partition coefficient (Wildman–Crippen LogP) is 1.83. The second-order valence-electron chi connectivity index (χ2n) is 6.54. The third kappa shape index (κ3) is 3.14. The van der Waals surface area contributed by atoms with Crippen LogP contribution in [0.1, 0.15) is 0 Å². The number of methoxy groups -OCH3 is 3. The van der Waals surface area contributed by atoms with E-state index in [1.165, 1.54) is 36.9 Å². The number of benzene rings is 2. The van der Waals surface area contributed by atoms with Crippen LogP contribution < -0.4 is 25.3 Å². The highest BCUT2D eigenvalue weighted by molar-refractivity contribution is 5.89. The van der Waals surface area contributed by atoms with Gasteiger partial charge in [-0.25, -0.2) is 9.67 Å². The predicted molar refractivity (Wildman–Crippen MR) is 112 cm³/mol. The normalized spacial score (nSPS) is 11.0. The second kappa shape index (κ2) is 7.86. The Bertz CT molecular complexity index is 1360. The molecule has 4 aromatic rings. The minimum Gasteiger partial charge on any atom is -0.493 e. The quantitative estimate of drug-likeness (QED) is 0.480. The fourth-order valence-corrected chi connectivity index (χ4v) is 3.42. The van der Waals surface area contributed by atoms with E-state index in [4.69, 9.17) is 14.2 Å². The first-order valence-corrected chi connectivity index (χ1v) is 9.22. The molecule has 0 aliphatic heterocycles. The maximum absolute atomic E-state index is 13.0. The van der Waals surface area contributed by atoms with Gasteiger partial charge in [-0.3, -0.25) is 14.2 Å². The maximum atomic E-state index is 13.0. The Kier molecular flexibility index (Phi) is 5.09. The lowest BCUT2D eigenvalue weighted by Crippen LogP contribution is -2.28. The van der Waals surface area contributed by atoms with Gasteiger partial charge in [0.25, 0.3) is 11.1 Å². The Balaban J connectivity index is 1.74. The summed E-state index contributed by atoms with van der Waals surface area (Å²) in [5.41, 5.74) is -0.117. The molecule has 4 rings (SSSR count). The van der Waals surface area contributed by atoms with Gasteiger partial charge in [-0.2, -0.15) is 5.10 Å². The van der Waals surface area contributed by atoms with E-state index >= 15 is 0 Å². The van der Waals surface area contributed by atoms with Crippen molar-refractivity contribution in [1.82, 2.24) is 19.3 Å². The number of rotatable bonds is 6. The van der Waals surface area contributed by atoms with E-state index < -0.39 is 0 Å². The van der Waals surface area contributed by atoms with E-state index in [9.17, 15) is 9.59 Å². The van der Waals surface area contributed by atoms with Gasteiger partial charge in [-0.1, -0.05) is 18.2 Å². The summed E-state index contributed by atoms with van der Waals surface area (Å²) in [5.74, 6) is 1.05. The lowest BCUT2D eigenvalue weighted by molar-refractivity contribution is 0.326. The topological polar surface area (TPSA) is 97.5 Å². The van der Waals surface area contributed by atoms with Crippen LogP contribution >= 0.6 is 0 Å². The lowest BCUT2D eigenvalue weighted by atomic mass is 10.2. The summed E-state index contributed by atoms with van der Waals surface area (Å²) in [6, 6.07) is 8.82. The summed E-state index contributed by atoms with van der Waals surface area (Å²) in [4.78, 5) is 30.1. The van der Waals surface area contributed by atoms with Gasteiger partial charge in [0.15, 0.2) is 11.5 Å². The van der Waals surface area contributed by atoms with E-state index in [0.717, 1.165) is 5.39 Å². The van der Waals surface area contributed by atoms with Gasteiger partial charge < -0.3 is 14.2 Å². The fraction of sp³-hybridized carbons (Fsp3) is 0.238. The first-order chi connectivity index (χ1) is 14.6. The Morgan fingerprint density at radius 3 is 2.40 bits per heavy atom. The molecule has 2 aromatic heterocycles. The van der Waals surface area contributed by atoms with E-state index in [2.05, 4.69) is 10.1 Å². The minimum absolute atomic E-state index is 0.206. The number of aromatic nitrogens is 4. The van der Waals surface area contributed by atoms with E-state index in [1.54, 1.807) is 24.4 Å². The van der Waals surface area contributed by atoms with Gasteiger partial charge in [0.1, 0.15) is 5.52 Å². The molecular weight excluding hydrogens is 388 g/mol. The Morgan fingerprint density at radius 1 is 0.900 bits per heavy atom. The molecule has 2 heterocycles. The summed E-state index contributed by atoms with van der Waals surface area (Å²) in [7, 11) is 4.44. The van der Waals surface area contributed by atoms with Crippen LogP contribution in [0.15, 0.2) is 52.4 Å². The largest absolute Gasteiger partial charge is 0.493 e. The number of nitrogens with zero attached hydrogens (tertiary/aromatic N) is 4. The zero-order valence-electron chi connectivity index (χ0n) is 16.8. The van der Waals surface area contributed by atoms with Crippen molar-refractivity contribution in [2.45, 2.75) is 13.1 Å². The van der Waals surface area contributed by atoms with Crippen molar-refractivity contribution in [3.05, 3.63) is 63.6 Å². The Labute approximate surface area is 171 Å². The lowest BCUT2D eigenvalue weighted by Gasteiger charge is -2.15. The molecule has 154 valence electrons. The zero-order chi connectivity index (χ0) is 21.3. The maximum Gasteiger partial charge on any atom is 0.274 e. The molecule has 0 unspecified atom stereocenters. The molecule has 2 aromatic carbocycles. The number of hydrogen-bond acceptors (Lipinski definition) is 7. The van der Waals surface area contributed by atoms with Crippen LogP contribution in [-0.2, 0) is 13.1 Å². The molecular formula is C21H20N4O5. The number of ether oxygens (including phenoxy) is 3. The molecule has 0 radical (unpaired) electrons. The van der Waals surface area contributed by atoms with Gasteiger partial charge in [0, 0.05) is 11.9 Å².